The minimum absolute atomic E-state index is 0.0600. The van der Waals surface area contributed by atoms with Gasteiger partial charge < -0.3 is 15.5 Å². The zero-order chi connectivity index (χ0) is 22.0. The third-order valence-electron chi connectivity index (χ3n) is 4.48. The van der Waals surface area contributed by atoms with Gasteiger partial charge in [0, 0.05) is 19.0 Å². The molecule has 0 spiro atoms. The fraction of sp³-hybridized carbons (Fsp3) is 0.158. The highest BCUT2D eigenvalue weighted by Crippen LogP contribution is 2.31. The van der Waals surface area contributed by atoms with Crippen LogP contribution in [0.25, 0.3) is 0 Å². The van der Waals surface area contributed by atoms with Gasteiger partial charge in [0.15, 0.2) is 0 Å². The first kappa shape index (κ1) is 20.5. The van der Waals surface area contributed by atoms with E-state index in [1.54, 1.807) is 0 Å². The number of nitro benzene ring substituents is 1. The Balaban J connectivity index is 1.63. The molecule has 3 amide bonds. The van der Waals surface area contributed by atoms with Crippen LogP contribution in [0.1, 0.15) is 43.9 Å². The van der Waals surface area contributed by atoms with Crippen LogP contribution < -0.4 is 5.32 Å². The van der Waals surface area contributed by atoms with Gasteiger partial charge in [-0.15, -0.1) is 0 Å². The number of rotatable bonds is 7. The van der Waals surface area contributed by atoms with E-state index in [4.69, 9.17) is 5.11 Å². The van der Waals surface area contributed by atoms with Crippen molar-refractivity contribution >= 4 is 35.1 Å². The second-order valence-electron chi connectivity index (χ2n) is 6.41. The van der Waals surface area contributed by atoms with Crippen molar-refractivity contribution in [3.05, 3.63) is 63.2 Å². The SMILES string of the molecule is O=C(CCCN1C(=O)c2cccc([N+](=O)[O-])c2C1=O)Nc1cc(C(=O)O)ccc1O. The largest absolute Gasteiger partial charge is 0.506 e. The summed E-state index contributed by atoms with van der Waals surface area (Å²) in [7, 11) is 0. The topological polar surface area (TPSA) is 167 Å². The molecule has 3 rings (SSSR count). The van der Waals surface area contributed by atoms with E-state index in [-0.39, 0.29) is 47.5 Å². The second kappa shape index (κ2) is 7.99. The summed E-state index contributed by atoms with van der Waals surface area (Å²) in [6.07, 6.45) is -0.0866. The summed E-state index contributed by atoms with van der Waals surface area (Å²) in [6, 6.07) is 7.18. The predicted molar refractivity (Wildman–Crippen MR) is 101 cm³/mol. The normalized spacial score (nSPS) is 12.6. The van der Waals surface area contributed by atoms with Crippen LogP contribution in [0.3, 0.4) is 0 Å². The molecule has 0 saturated carbocycles. The number of nitrogens with one attached hydrogen (secondary N) is 1. The number of anilines is 1. The number of fused-ring (bicyclic) bond motifs is 1. The van der Waals surface area contributed by atoms with E-state index in [2.05, 4.69) is 5.32 Å². The van der Waals surface area contributed by atoms with E-state index < -0.39 is 34.3 Å². The number of aromatic hydroxyl groups is 1. The van der Waals surface area contributed by atoms with Crippen LogP contribution in [0.15, 0.2) is 36.4 Å². The van der Waals surface area contributed by atoms with Gasteiger partial charge in [0.05, 0.1) is 21.7 Å². The smallest absolute Gasteiger partial charge is 0.335 e. The first-order valence-corrected chi connectivity index (χ1v) is 8.70. The van der Waals surface area contributed by atoms with E-state index in [1.165, 1.54) is 18.2 Å². The predicted octanol–water partition coefficient (Wildman–Crippen LogP) is 2.01. The van der Waals surface area contributed by atoms with Gasteiger partial charge in [0.1, 0.15) is 11.3 Å². The minimum atomic E-state index is -1.23. The molecular formula is C19H15N3O8. The summed E-state index contributed by atoms with van der Waals surface area (Å²) in [5.74, 6) is -3.60. The molecule has 2 aromatic rings. The molecule has 0 aromatic heterocycles. The van der Waals surface area contributed by atoms with Gasteiger partial charge in [0.2, 0.25) is 5.91 Å². The Labute approximate surface area is 168 Å². The van der Waals surface area contributed by atoms with Gasteiger partial charge in [-0.05, 0) is 30.7 Å². The maximum atomic E-state index is 12.5. The Bertz CT molecular complexity index is 1100. The summed E-state index contributed by atoms with van der Waals surface area (Å²) < 4.78 is 0. The zero-order valence-electron chi connectivity index (χ0n) is 15.3. The van der Waals surface area contributed by atoms with E-state index in [1.807, 2.05) is 0 Å². The lowest BCUT2D eigenvalue weighted by Crippen LogP contribution is -2.31. The van der Waals surface area contributed by atoms with Gasteiger partial charge in [0.25, 0.3) is 17.5 Å². The molecule has 0 aliphatic carbocycles. The maximum absolute atomic E-state index is 12.5. The molecule has 2 aromatic carbocycles. The van der Waals surface area contributed by atoms with Crippen LogP contribution in [0.5, 0.6) is 5.75 Å². The molecule has 0 unspecified atom stereocenters. The number of nitro groups is 1. The van der Waals surface area contributed by atoms with Crippen molar-refractivity contribution in [2.75, 3.05) is 11.9 Å². The number of hydrogen-bond donors (Lipinski definition) is 3. The number of amides is 3. The first-order valence-electron chi connectivity index (χ1n) is 8.70. The molecule has 3 N–H and O–H groups in total. The molecule has 11 heteroatoms. The van der Waals surface area contributed by atoms with Crippen LogP contribution in [0, 0.1) is 10.1 Å². The number of hydrogen-bond acceptors (Lipinski definition) is 7. The van der Waals surface area contributed by atoms with E-state index in [0.717, 1.165) is 23.1 Å². The van der Waals surface area contributed by atoms with Gasteiger partial charge in [-0.3, -0.25) is 29.4 Å². The molecule has 1 aliphatic heterocycles. The molecule has 0 atom stereocenters. The number of phenols is 1. The molecular weight excluding hydrogens is 398 g/mol. The number of imide groups is 1. The summed E-state index contributed by atoms with van der Waals surface area (Å²) >= 11 is 0. The van der Waals surface area contributed by atoms with E-state index in [0.29, 0.717) is 0 Å². The van der Waals surface area contributed by atoms with Crippen LogP contribution in [-0.4, -0.2) is 50.3 Å². The first-order chi connectivity index (χ1) is 14.2. The van der Waals surface area contributed by atoms with Gasteiger partial charge >= 0.3 is 5.97 Å². The third-order valence-corrected chi connectivity index (χ3v) is 4.48. The quantitative estimate of drug-likeness (QED) is 0.268. The third kappa shape index (κ3) is 3.81. The average molecular weight is 413 g/mol. The Morgan fingerprint density at radius 3 is 2.53 bits per heavy atom. The Hall–Kier alpha value is -4.28. The van der Waals surface area contributed by atoms with E-state index >= 15 is 0 Å². The fourth-order valence-corrected chi connectivity index (χ4v) is 3.05. The molecule has 0 saturated heterocycles. The minimum Gasteiger partial charge on any atom is -0.506 e. The number of carbonyl (C=O) groups is 4. The van der Waals surface area contributed by atoms with Crippen LogP contribution in [-0.2, 0) is 4.79 Å². The Morgan fingerprint density at radius 1 is 1.13 bits per heavy atom. The Morgan fingerprint density at radius 2 is 1.87 bits per heavy atom. The van der Waals surface area contributed by atoms with Gasteiger partial charge in [-0.1, -0.05) is 6.07 Å². The lowest BCUT2D eigenvalue weighted by molar-refractivity contribution is -0.385. The molecule has 11 nitrogen and oxygen atoms in total. The number of aromatic carboxylic acids is 1. The monoisotopic (exact) mass is 413 g/mol. The van der Waals surface area contributed by atoms with Crippen molar-refractivity contribution in [3.63, 3.8) is 0 Å². The highest BCUT2D eigenvalue weighted by molar-refractivity contribution is 6.23. The van der Waals surface area contributed by atoms with Crippen LogP contribution in [0.2, 0.25) is 0 Å². The number of phenolic OH excluding ortho intramolecular Hbond substituents is 1. The number of benzene rings is 2. The van der Waals surface area contributed by atoms with Crippen molar-refractivity contribution in [2.45, 2.75) is 12.8 Å². The molecule has 0 radical (unpaired) electrons. The summed E-state index contributed by atoms with van der Waals surface area (Å²) in [5, 5.41) is 32.2. The zero-order valence-corrected chi connectivity index (χ0v) is 15.3. The second-order valence-corrected chi connectivity index (χ2v) is 6.41. The average Bonchev–Trinajstić information content (AvgIpc) is 2.94. The van der Waals surface area contributed by atoms with Crippen molar-refractivity contribution < 1.29 is 34.3 Å². The number of carbonyl (C=O) groups excluding carboxylic acids is 3. The van der Waals surface area contributed by atoms with Gasteiger partial charge in [-0.25, -0.2) is 4.79 Å². The molecule has 0 fully saturated rings. The van der Waals surface area contributed by atoms with Gasteiger partial charge in [-0.2, -0.15) is 0 Å². The van der Waals surface area contributed by atoms with E-state index in [9.17, 15) is 34.4 Å². The molecule has 154 valence electrons. The molecule has 0 bridgehead atoms. The summed E-state index contributed by atoms with van der Waals surface area (Å²) in [5.41, 5.74) is -1.01. The summed E-state index contributed by atoms with van der Waals surface area (Å²) in [4.78, 5) is 59.1. The van der Waals surface area contributed by atoms with Crippen LogP contribution >= 0.6 is 0 Å². The highest BCUT2D eigenvalue weighted by atomic mass is 16.6. The van der Waals surface area contributed by atoms with Crippen molar-refractivity contribution in [1.82, 2.24) is 4.90 Å². The lowest BCUT2D eigenvalue weighted by atomic mass is 10.1. The summed E-state index contributed by atoms with van der Waals surface area (Å²) in [6.45, 7) is -0.141. The highest BCUT2D eigenvalue weighted by Gasteiger charge is 2.40. The molecule has 30 heavy (non-hydrogen) atoms. The van der Waals surface area contributed by atoms with Crippen molar-refractivity contribution in [2.24, 2.45) is 0 Å². The standard InChI is InChI=1S/C19H15N3O8/c23-14-7-6-10(19(27)28)9-12(14)20-15(24)5-2-8-21-17(25)11-3-1-4-13(22(29)30)16(11)18(21)26/h1,3-4,6-7,9,23H,2,5,8H2,(H,20,24)(H,27,28). The Kier molecular flexibility index (Phi) is 5.45. The van der Waals surface area contributed by atoms with Crippen molar-refractivity contribution in [1.29, 1.82) is 0 Å². The lowest BCUT2D eigenvalue weighted by Gasteiger charge is -2.13. The maximum Gasteiger partial charge on any atom is 0.335 e. The van der Waals surface area contributed by atoms with Crippen molar-refractivity contribution in [3.8, 4) is 5.75 Å². The number of nitrogens with zero attached hydrogens (tertiary/aromatic N) is 2. The molecule has 1 aliphatic rings. The number of carboxylic acids is 1. The molecule has 1 heterocycles. The number of carboxylic acid groups (broad SMARTS) is 1. The van der Waals surface area contributed by atoms with Crippen LogP contribution in [0.4, 0.5) is 11.4 Å². The fourth-order valence-electron chi connectivity index (χ4n) is 3.05.